The van der Waals surface area contributed by atoms with E-state index in [1.807, 2.05) is 6.92 Å². The van der Waals surface area contributed by atoms with Gasteiger partial charge in [-0.25, -0.2) is 0 Å². The van der Waals surface area contributed by atoms with Gasteiger partial charge in [-0.15, -0.1) is 0 Å². The molecule has 346 valence electrons. The van der Waals surface area contributed by atoms with E-state index in [2.05, 4.69) is 60.6 Å². The summed E-state index contributed by atoms with van der Waals surface area (Å²) in [6.07, 6.45) is 18.9. The minimum absolute atomic E-state index is 0.00492. The van der Waals surface area contributed by atoms with Crippen molar-refractivity contribution in [2.24, 2.45) is 86.8 Å². The molecule has 0 aliphatic heterocycles. The van der Waals surface area contributed by atoms with Gasteiger partial charge < -0.3 is 23.7 Å². The lowest BCUT2D eigenvalue weighted by Crippen LogP contribution is -2.62. The zero-order chi connectivity index (χ0) is 45.3. The number of carbonyl (C=O) groups is 5. The third-order valence-corrected chi connectivity index (χ3v) is 19.8. The number of carbonyl (C=O) groups excluding carboxylic acids is 5. The first-order valence-corrected chi connectivity index (χ1v) is 24.6. The molecule has 9 nitrogen and oxygen atoms in total. The summed E-state index contributed by atoms with van der Waals surface area (Å²) in [6, 6.07) is 0. The van der Waals surface area contributed by atoms with Gasteiger partial charge in [0.1, 0.15) is 30.7 Å². The number of esters is 4. The zero-order valence-electron chi connectivity index (χ0n) is 40.3. The quantitative estimate of drug-likeness (QED) is 0.111. The van der Waals surface area contributed by atoms with Crippen molar-refractivity contribution in [1.29, 1.82) is 0 Å². The van der Waals surface area contributed by atoms with E-state index < -0.39 is 5.41 Å². The molecule has 0 bridgehead atoms. The van der Waals surface area contributed by atoms with Gasteiger partial charge >= 0.3 is 23.9 Å². The van der Waals surface area contributed by atoms with E-state index in [1.54, 1.807) is 13.8 Å². The topological polar surface area (TPSA) is 122 Å². The number of hydrogen-bond donors (Lipinski definition) is 0. The molecule has 0 saturated heterocycles. The maximum atomic E-state index is 12.2. The normalized spacial score (nSPS) is 47.5. The van der Waals surface area contributed by atoms with Gasteiger partial charge in [0.25, 0.3) is 0 Å². The Morgan fingerprint density at radius 3 is 1.52 bits per heavy atom. The van der Waals surface area contributed by atoms with Crippen LogP contribution in [-0.4, -0.2) is 54.6 Å². The van der Waals surface area contributed by atoms with Gasteiger partial charge in [-0.1, -0.05) is 84.6 Å². The van der Waals surface area contributed by atoms with Gasteiger partial charge in [-0.2, -0.15) is 0 Å². The van der Waals surface area contributed by atoms with Gasteiger partial charge in [-0.3, -0.25) is 19.2 Å². The molecule has 8 rings (SSSR count). The third-order valence-electron chi connectivity index (χ3n) is 19.8. The molecule has 7 fully saturated rings. The van der Waals surface area contributed by atoms with Crippen molar-refractivity contribution >= 4 is 30.2 Å². The Balaban J connectivity index is 0.000000187. The second kappa shape index (κ2) is 17.4. The molecule has 0 aromatic heterocycles. The Morgan fingerprint density at radius 1 is 0.629 bits per heavy atom. The van der Waals surface area contributed by atoms with Crippen molar-refractivity contribution in [2.75, 3.05) is 0 Å². The molecule has 0 heterocycles. The minimum atomic E-state index is -0.406. The molecule has 0 radical (unpaired) electrons. The molecule has 0 N–H and O–H groups in total. The van der Waals surface area contributed by atoms with E-state index in [1.165, 1.54) is 57.9 Å². The number of hydrogen-bond acceptors (Lipinski definition) is 9. The summed E-state index contributed by atoms with van der Waals surface area (Å²) in [5.41, 5.74) is 2.36. The van der Waals surface area contributed by atoms with Gasteiger partial charge in [-0.05, 0) is 136 Å². The zero-order valence-corrected chi connectivity index (χ0v) is 40.3. The maximum absolute atomic E-state index is 12.2. The first-order chi connectivity index (χ1) is 29.1. The average molecular weight is 861 g/mol. The van der Waals surface area contributed by atoms with E-state index in [0.717, 1.165) is 62.7 Å². The summed E-state index contributed by atoms with van der Waals surface area (Å²) in [6.45, 7) is 24.3. The summed E-state index contributed by atoms with van der Waals surface area (Å²) in [5.74, 6) is 3.45. The fourth-order valence-corrected chi connectivity index (χ4v) is 16.8. The van der Waals surface area contributed by atoms with E-state index >= 15 is 0 Å². The SMILES string of the molecule is C/C=C1/CC[C@H]2[C@@H]3[C@H](OC(C)=O)C[C@@H]4C[C@H](C)CC[C@]4(C)[C@H]3C[C@@H](OC(C)=O)[C@]12C.CC(=O)O[C@@H]1C[C@@H]2C[C@H](C)CC[C@]2(C)[C@H]2C[C@@H](OC(C)=O)[C@]3(C)C([C@H](C)C=O)=CC[C@H]3[C@H]12. The predicted molar refractivity (Wildman–Crippen MR) is 238 cm³/mol. The second-order valence-electron chi connectivity index (χ2n) is 22.9. The monoisotopic (exact) mass is 861 g/mol. The van der Waals surface area contributed by atoms with E-state index in [9.17, 15) is 24.0 Å². The molecule has 7 saturated carbocycles. The molecule has 0 unspecified atom stereocenters. The standard InChI is InChI=1S/C27H40O5.C26H40O4/c1-15-9-10-26(5)19(11-15)12-23(31-17(3)29)25-21-8-7-20(16(2)14-28)27(21,6)24(13-22(25)26)32-18(4)30;1-7-18-8-9-20-24-21(14-23(26(18,20)6)30-17(4)28)25(5)11-10-15(2)12-19(25)13-22(24)29-16(3)27/h7,14-16,19,21-25H,8-13H2,1-6H3;7,15,19-24H,8-14H2,1-6H3/b;18-7-/t15-,16-,19+,21+,22+,23-,24-,25+,26+,27-;15-,19+,20+,21+,22-,23-,24+,25+,26-/m11/s1. The van der Waals surface area contributed by atoms with Crippen LogP contribution in [-0.2, 0) is 42.9 Å². The number of ether oxygens (including phenoxy) is 4. The maximum Gasteiger partial charge on any atom is 0.302 e. The van der Waals surface area contributed by atoms with Crippen molar-refractivity contribution < 1.29 is 42.9 Å². The van der Waals surface area contributed by atoms with Crippen LogP contribution in [0.3, 0.4) is 0 Å². The van der Waals surface area contributed by atoms with E-state index in [4.69, 9.17) is 18.9 Å². The molecular weight excluding hydrogens is 781 g/mol. The fraction of sp³-hybridized carbons (Fsp3) is 0.830. The van der Waals surface area contributed by atoms with Crippen molar-refractivity contribution in [3.05, 3.63) is 23.3 Å². The molecule has 8 aliphatic carbocycles. The lowest BCUT2D eigenvalue weighted by Gasteiger charge is -2.64. The van der Waals surface area contributed by atoms with Crippen LogP contribution in [0.2, 0.25) is 0 Å². The van der Waals surface area contributed by atoms with E-state index in [-0.39, 0.29) is 82.3 Å². The van der Waals surface area contributed by atoms with Crippen LogP contribution >= 0.6 is 0 Å². The second-order valence-corrected chi connectivity index (χ2v) is 22.9. The van der Waals surface area contributed by atoms with Crippen LogP contribution in [0.25, 0.3) is 0 Å². The number of aldehydes is 1. The highest BCUT2D eigenvalue weighted by molar-refractivity contribution is 5.68. The number of rotatable bonds is 6. The van der Waals surface area contributed by atoms with Crippen LogP contribution in [0, 0.1) is 86.8 Å². The molecule has 0 spiro atoms. The van der Waals surface area contributed by atoms with Gasteiger partial charge in [0, 0.05) is 56.3 Å². The van der Waals surface area contributed by atoms with Crippen LogP contribution in [0.5, 0.6) is 0 Å². The summed E-state index contributed by atoms with van der Waals surface area (Å²) >= 11 is 0. The van der Waals surface area contributed by atoms with Gasteiger partial charge in [0.15, 0.2) is 0 Å². The average Bonchev–Trinajstić information content (AvgIpc) is 3.73. The van der Waals surface area contributed by atoms with Crippen molar-refractivity contribution in [2.45, 2.75) is 191 Å². The molecular formula is C53H80O9. The Kier molecular flexibility index (Phi) is 13.2. The Labute approximate surface area is 373 Å². The summed E-state index contributed by atoms with van der Waals surface area (Å²) in [4.78, 5) is 60.3. The highest BCUT2D eigenvalue weighted by Gasteiger charge is 2.68. The van der Waals surface area contributed by atoms with E-state index in [0.29, 0.717) is 41.4 Å². The predicted octanol–water partition coefficient (Wildman–Crippen LogP) is 10.8. The van der Waals surface area contributed by atoms with Crippen LogP contribution < -0.4 is 0 Å². The molecule has 0 aromatic carbocycles. The number of fused-ring (bicyclic) bond motifs is 10. The van der Waals surface area contributed by atoms with Crippen LogP contribution in [0.1, 0.15) is 167 Å². The smallest absolute Gasteiger partial charge is 0.302 e. The van der Waals surface area contributed by atoms with Crippen LogP contribution in [0.15, 0.2) is 23.3 Å². The molecule has 0 amide bonds. The van der Waals surface area contributed by atoms with Crippen molar-refractivity contribution in [1.82, 2.24) is 0 Å². The van der Waals surface area contributed by atoms with Gasteiger partial charge in [0.05, 0.1) is 0 Å². The lowest BCUT2D eigenvalue weighted by molar-refractivity contribution is -0.211. The Bertz CT molecular complexity index is 1820. The minimum Gasteiger partial charge on any atom is -0.462 e. The summed E-state index contributed by atoms with van der Waals surface area (Å²) < 4.78 is 24.2. The largest absolute Gasteiger partial charge is 0.462 e. The molecule has 19 atom stereocenters. The highest BCUT2D eigenvalue weighted by atomic mass is 16.6. The lowest BCUT2D eigenvalue weighted by atomic mass is 9.42. The molecule has 62 heavy (non-hydrogen) atoms. The van der Waals surface area contributed by atoms with Crippen molar-refractivity contribution in [3.8, 4) is 0 Å². The summed E-state index contributed by atoms with van der Waals surface area (Å²) in [5, 5.41) is 0. The Morgan fingerprint density at radius 2 is 1.08 bits per heavy atom. The molecule has 8 aliphatic rings. The number of allylic oxidation sites excluding steroid dienone is 2. The van der Waals surface area contributed by atoms with Crippen molar-refractivity contribution in [3.63, 3.8) is 0 Å². The summed E-state index contributed by atoms with van der Waals surface area (Å²) in [7, 11) is 0. The van der Waals surface area contributed by atoms with Gasteiger partial charge in [0.2, 0.25) is 0 Å². The fourth-order valence-electron chi connectivity index (χ4n) is 16.8. The first kappa shape index (κ1) is 47.0. The molecule has 0 aromatic rings. The Hall–Kier alpha value is -2.97. The van der Waals surface area contributed by atoms with Crippen LogP contribution in [0.4, 0.5) is 0 Å². The highest BCUT2D eigenvalue weighted by Crippen LogP contribution is 2.70. The third kappa shape index (κ3) is 7.85. The first-order valence-electron chi connectivity index (χ1n) is 24.6. The molecule has 9 heteroatoms.